The van der Waals surface area contributed by atoms with Crippen molar-refractivity contribution in [1.82, 2.24) is 5.01 Å². The molecule has 3 unspecified atom stereocenters. The SMILES string of the molecule is C=C/C=C\C=C(/C)CC1CCCC2=CC3C(C=NN3C(=C)C)C[C@@]21C. The molecule has 25 heavy (non-hydrogen) atoms. The van der Waals surface area contributed by atoms with E-state index in [-0.39, 0.29) is 0 Å². The molecule has 0 radical (unpaired) electrons. The van der Waals surface area contributed by atoms with Crippen LogP contribution in [0.5, 0.6) is 0 Å². The highest BCUT2D eigenvalue weighted by Crippen LogP contribution is 2.55. The van der Waals surface area contributed by atoms with Crippen molar-refractivity contribution in [3.63, 3.8) is 0 Å². The smallest absolute Gasteiger partial charge is 0.0783 e. The molecule has 0 aromatic heterocycles. The normalized spacial score (nSPS) is 34.7. The minimum absolute atomic E-state index is 0.313. The van der Waals surface area contributed by atoms with Crippen LogP contribution in [0.25, 0.3) is 0 Å². The predicted molar refractivity (Wildman–Crippen MR) is 108 cm³/mol. The van der Waals surface area contributed by atoms with Gasteiger partial charge in [0.2, 0.25) is 0 Å². The average molecular weight is 337 g/mol. The third-order valence-corrected chi connectivity index (χ3v) is 6.36. The molecule has 1 saturated carbocycles. The van der Waals surface area contributed by atoms with Crippen LogP contribution in [0.2, 0.25) is 0 Å². The van der Waals surface area contributed by atoms with Gasteiger partial charge in [-0.05, 0) is 57.3 Å². The Balaban J connectivity index is 1.82. The van der Waals surface area contributed by atoms with Crippen LogP contribution in [-0.4, -0.2) is 17.3 Å². The molecule has 0 aromatic rings. The van der Waals surface area contributed by atoms with Gasteiger partial charge in [0.1, 0.15) is 0 Å². The zero-order chi connectivity index (χ0) is 18.0. The fourth-order valence-corrected chi connectivity index (χ4v) is 4.98. The first-order valence-electron chi connectivity index (χ1n) is 9.60. The van der Waals surface area contributed by atoms with Gasteiger partial charge in [-0.25, -0.2) is 0 Å². The molecule has 0 aromatic carbocycles. The van der Waals surface area contributed by atoms with Crippen LogP contribution in [0, 0.1) is 17.3 Å². The Morgan fingerprint density at radius 3 is 2.92 bits per heavy atom. The van der Waals surface area contributed by atoms with E-state index in [1.807, 2.05) is 12.2 Å². The minimum Gasteiger partial charge on any atom is -0.263 e. The third kappa shape index (κ3) is 3.44. The third-order valence-electron chi connectivity index (χ3n) is 6.36. The quantitative estimate of drug-likeness (QED) is 0.442. The molecule has 134 valence electrons. The molecule has 0 spiro atoms. The first-order valence-corrected chi connectivity index (χ1v) is 9.60. The molecule has 0 bridgehead atoms. The molecule has 2 heteroatoms. The Hall–Kier alpha value is -1.83. The van der Waals surface area contributed by atoms with Gasteiger partial charge in [-0.15, -0.1) is 0 Å². The standard InChI is InChI=1S/C23H32N2/c1-6-7-8-10-18(4)13-20-11-9-12-21-14-22-19(15-23(20,21)5)16-24-25(22)17(2)3/h6-8,10,14,16,19-20,22H,1-2,9,11-13,15H2,3-5H3/b8-7-,18-10+/t19?,20?,22?,23-/m1/s1. The first-order chi connectivity index (χ1) is 12.0. The lowest BCUT2D eigenvalue weighted by molar-refractivity contribution is 0.123. The number of fused-ring (bicyclic) bond motifs is 2. The van der Waals surface area contributed by atoms with E-state index in [9.17, 15) is 0 Å². The van der Waals surface area contributed by atoms with E-state index in [2.05, 4.69) is 68.5 Å². The molecule has 0 amide bonds. The van der Waals surface area contributed by atoms with Crippen molar-refractivity contribution >= 4 is 6.21 Å². The van der Waals surface area contributed by atoms with Gasteiger partial charge in [0.05, 0.1) is 6.04 Å². The van der Waals surface area contributed by atoms with Crippen molar-refractivity contribution in [2.45, 2.75) is 58.9 Å². The molecular formula is C23H32N2. The number of nitrogens with zero attached hydrogens (tertiary/aromatic N) is 2. The molecule has 4 atom stereocenters. The van der Waals surface area contributed by atoms with Crippen LogP contribution in [0.3, 0.4) is 0 Å². The topological polar surface area (TPSA) is 15.6 Å². The van der Waals surface area contributed by atoms with E-state index < -0.39 is 0 Å². The summed E-state index contributed by atoms with van der Waals surface area (Å²) < 4.78 is 0. The minimum atomic E-state index is 0.313. The lowest BCUT2D eigenvalue weighted by atomic mass is 9.56. The molecule has 0 N–H and O–H groups in total. The summed E-state index contributed by atoms with van der Waals surface area (Å²) in [7, 11) is 0. The number of allylic oxidation sites excluding steroid dienone is 7. The number of hydrogen-bond acceptors (Lipinski definition) is 2. The van der Waals surface area contributed by atoms with Gasteiger partial charge < -0.3 is 0 Å². The first kappa shape index (κ1) is 18.0. The summed E-state index contributed by atoms with van der Waals surface area (Å²) in [6, 6.07) is 0.395. The summed E-state index contributed by atoms with van der Waals surface area (Å²) in [6.45, 7) is 14.7. The predicted octanol–water partition coefficient (Wildman–Crippen LogP) is 6.02. The van der Waals surface area contributed by atoms with Gasteiger partial charge in [0.15, 0.2) is 0 Å². The number of rotatable bonds is 5. The second-order valence-corrected chi connectivity index (χ2v) is 8.24. The highest BCUT2D eigenvalue weighted by atomic mass is 15.5. The van der Waals surface area contributed by atoms with E-state index in [1.165, 1.54) is 37.7 Å². The van der Waals surface area contributed by atoms with E-state index >= 15 is 0 Å². The second kappa shape index (κ2) is 7.19. The van der Waals surface area contributed by atoms with Gasteiger partial charge in [0, 0.05) is 17.8 Å². The van der Waals surface area contributed by atoms with Crippen LogP contribution in [0.4, 0.5) is 0 Å². The van der Waals surface area contributed by atoms with Crippen molar-refractivity contribution in [3.05, 3.63) is 60.4 Å². The van der Waals surface area contributed by atoms with Gasteiger partial charge in [-0.2, -0.15) is 5.10 Å². The van der Waals surface area contributed by atoms with E-state index in [0.717, 1.165) is 11.6 Å². The highest BCUT2D eigenvalue weighted by Gasteiger charge is 2.47. The molecule has 1 aliphatic heterocycles. The average Bonchev–Trinajstić information content (AvgIpc) is 2.96. The van der Waals surface area contributed by atoms with Crippen LogP contribution >= 0.6 is 0 Å². The molecule has 1 heterocycles. The highest BCUT2D eigenvalue weighted by molar-refractivity contribution is 5.66. The lowest BCUT2D eigenvalue weighted by Gasteiger charge is -2.49. The molecule has 0 saturated heterocycles. The summed E-state index contributed by atoms with van der Waals surface area (Å²) in [6.07, 6.45) is 19.2. The monoisotopic (exact) mass is 336 g/mol. The molecule has 2 nitrogen and oxygen atoms in total. The van der Waals surface area contributed by atoms with E-state index in [0.29, 0.717) is 17.4 Å². The van der Waals surface area contributed by atoms with Crippen molar-refractivity contribution < 1.29 is 0 Å². The summed E-state index contributed by atoms with van der Waals surface area (Å²) >= 11 is 0. The van der Waals surface area contributed by atoms with Crippen molar-refractivity contribution in [1.29, 1.82) is 0 Å². The Morgan fingerprint density at radius 1 is 1.40 bits per heavy atom. The molecule has 2 aliphatic carbocycles. The van der Waals surface area contributed by atoms with Crippen LogP contribution < -0.4 is 0 Å². The van der Waals surface area contributed by atoms with E-state index in [1.54, 1.807) is 5.57 Å². The van der Waals surface area contributed by atoms with Crippen molar-refractivity contribution in [2.24, 2.45) is 22.4 Å². The van der Waals surface area contributed by atoms with Crippen molar-refractivity contribution in [2.75, 3.05) is 0 Å². The molecule has 3 aliphatic rings. The molecule has 3 rings (SSSR count). The largest absolute Gasteiger partial charge is 0.263 e. The summed E-state index contributed by atoms with van der Waals surface area (Å²) in [4.78, 5) is 0. The number of hydrazone groups is 1. The fraction of sp³-hybridized carbons (Fsp3) is 0.522. The maximum Gasteiger partial charge on any atom is 0.0783 e. The zero-order valence-corrected chi connectivity index (χ0v) is 16.0. The summed E-state index contributed by atoms with van der Waals surface area (Å²) in [5.74, 6) is 1.25. The Kier molecular flexibility index (Phi) is 5.17. The second-order valence-electron chi connectivity index (χ2n) is 8.24. The molecule has 1 fully saturated rings. The lowest BCUT2D eigenvalue weighted by Crippen LogP contribution is -2.43. The van der Waals surface area contributed by atoms with Crippen molar-refractivity contribution in [3.8, 4) is 0 Å². The summed E-state index contributed by atoms with van der Waals surface area (Å²) in [5.41, 5.74) is 4.49. The summed E-state index contributed by atoms with van der Waals surface area (Å²) in [5, 5.41) is 6.76. The van der Waals surface area contributed by atoms with Gasteiger partial charge >= 0.3 is 0 Å². The van der Waals surface area contributed by atoms with Gasteiger partial charge in [-0.3, -0.25) is 5.01 Å². The maximum atomic E-state index is 4.64. The van der Waals surface area contributed by atoms with Crippen LogP contribution in [0.1, 0.15) is 52.9 Å². The van der Waals surface area contributed by atoms with Crippen LogP contribution in [0.15, 0.2) is 65.5 Å². The zero-order valence-electron chi connectivity index (χ0n) is 16.0. The molecular weight excluding hydrogens is 304 g/mol. The fourth-order valence-electron chi connectivity index (χ4n) is 4.98. The van der Waals surface area contributed by atoms with Crippen LogP contribution in [-0.2, 0) is 0 Å². The van der Waals surface area contributed by atoms with E-state index in [4.69, 9.17) is 0 Å². The Morgan fingerprint density at radius 2 is 2.20 bits per heavy atom. The maximum absolute atomic E-state index is 4.64. The van der Waals surface area contributed by atoms with Gasteiger partial charge in [-0.1, -0.05) is 61.6 Å². The Bertz CT molecular complexity index is 664. The van der Waals surface area contributed by atoms with Gasteiger partial charge in [0.25, 0.3) is 0 Å². The Labute approximate surface area is 153 Å². The number of hydrogen-bond donors (Lipinski definition) is 0.